The normalized spacial score (nSPS) is 16.3. The molecule has 2 aromatic carbocycles. The van der Waals surface area contributed by atoms with Crippen molar-refractivity contribution in [3.8, 4) is 0 Å². The second-order valence-electron chi connectivity index (χ2n) is 5.95. The topological polar surface area (TPSA) is 96.9 Å². The summed E-state index contributed by atoms with van der Waals surface area (Å²) < 4.78 is 4.92. The van der Waals surface area contributed by atoms with Gasteiger partial charge in [-0.2, -0.15) is 0 Å². The molecule has 1 saturated heterocycles. The standard InChI is InChI=1S/C20H19N3O4/c1-2-27-19(26)14-8-10-15(11-9-14)21-20-22-17(24)16(18(25)23-20)12-13-6-4-3-5-7-13/h3-11,16H,2,12H2,1H3,(H2,21,22,23,24,25). The zero-order valence-corrected chi connectivity index (χ0v) is 14.8. The van der Waals surface area contributed by atoms with Gasteiger partial charge in [0.2, 0.25) is 17.8 Å². The van der Waals surface area contributed by atoms with Crippen LogP contribution in [0.1, 0.15) is 22.8 Å². The summed E-state index contributed by atoms with van der Waals surface area (Å²) in [6, 6.07) is 15.7. The van der Waals surface area contributed by atoms with E-state index in [-0.39, 0.29) is 5.96 Å². The number of guanidine groups is 1. The number of nitrogens with one attached hydrogen (secondary N) is 2. The molecule has 3 rings (SSSR count). The first-order valence-electron chi connectivity index (χ1n) is 8.58. The van der Waals surface area contributed by atoms with Gasteiger partial charge < -0.3 is 4.74 Å². The second-order valence-corrected chi connectivity index (χ2v) is 5.95. The number of nitrogens with zero attached hydrogens (tertiary/aromatic N) is 1. The molecule has 2 N–H and O–H groups in total. The molecule has 1 fully saturated rings. The van der Waals surface area contributed by atoms with Crippen molar-refractivity contribution in [2.75, 3.05) is 6.61 Å². The van der Waals surface area contributed by atoms with Crippen LogP contribution in [0.5, 0.6) is 0 Å². The van der Waals surface area contributed by atoms with Crippen molar-refractivity contribution in [3.63, 3.8) is 0 Å². The highest BCUT2D eigenvalue weighted by atomic mass is 16.5. The van der Waals surface area contributed by atoms with Gasteiger partial charge in [-0.1, -0.05) is 30.3 Å². The molecule has 7 nitrogen and oxygen atoms in total. The predicted octanol–water partition coefficient (Wildman–Crippen LogP) is 1.96. The molecule has 7 heteroatoms. The van der Waals surface area contributed by atoms with E-state index in [2.05, 4.69) is 15.6 Å². The summed E-state index contributed by atoms with van der Waals surface area (Å²) in [5.41, 5.74) is 1.79. The second kappa shape index (κ2) is 8.27. The third-order valence-electron chi connectivity index (χ3n) is 4.02. The summed E-state index contributed by atoms with van der Waals surface area (Å²) in [4.78, 5) is 40.5. The molecule has 1 heterocycles. The lowest BCUT2D eigenvalue weighted by Crippen LogP contribution is -2.57. The zero-order valence-electron chi connectivity index (χ0n) is 14.8. The number of ether oxygens (including phenoxy) is 1. The fourth-order valence-corrected chi connectivity index (χ4v) is 2.66. The van der Waals surface area contributed by atoms with Crippen LogP contribution in [0.2, 0.25) is 0 Å². The average molecular weight is 365 g/mol. The number of hydrogen-bond donors (Lipinski definition) is 2. The first-order chi connectivity index (χ1) is 13.1. The van der Waals surface area contributed by atoms with E-state index in [0.717, 1.165) is 5.56 Å². The van der Waals surface area contributed by atoms with E-state index in [1.165, 1.54) is 0 Å². The Bertz CT molecular complexity index is 856. The lowest BCUT2D eigenvalue weighted by molar-refractivity contribution is -0.135. The maximum absolute atomic E-state index is 12.3. The van der Waals surface area contributed by atoms with Crippen LogP contribution in [0.15, 0.2) is 59.6 Å². The first kappa shape index (κ1) is 18.3. The quantitative estimate of drug-likeness (QED) is 0.625. The van der Waals surface area contributed by atoms with Crippen LogP contribution in [-0.2, 0) is 20.7 Å². The number of rotatable bonds is 5. The fraction of sp³-hybridized carbons (Fsp3) is 0.200. The Labute approximate surface area is 156 Å². The van der Waals surface area contributed by atoms with Crippen molar-refractivity contribution in [2.24, 2.45) is 10.9 Å². The maximum Gasteiger partial charge on any atom is 0.338 e. The Hall–Kier alpha value is -3.48. The van der Waals surface area contributed by atoms with E-state index >= 15 is 0 Å². The molecule has 1 aliphatic rings. The molecule has 0 aliphatic carbocycles. The largest absolute Gasteiger partial charge is 0.462 e. The van der Waals surface area contributed by atoms with Gasteiger partial charge in [-0.25, -0.2) is 9.79 Å². The monoisotopic (exact) mass is 365 g/mol. The van der Waals surface area contributed by atoms with Crippen LogP contribution in [0.4, 0.5) is 5.69 Å². The van der Waals surface area contributed by atoms with Gasteiger partial charge in [-0.3, -0.25) is 20.2 Å². The highest BCUT2D eigenvalue weighted by Gasteiger charge is 2.33. The average Bonchev–Trinajstić information content (AvgIpc) is 2.66. The fourth-order valence-electron chi connectivity index (χ4n) is 2.66. The minimum atomic E-state index is -0.808. The lowest BCUT2D eigenvalue weighted by atomic mass is 9.96. The van der Waals surface area contributed by atoms with Gasteiger partial charge in [-0.15, -0.1) is 0 Å². The molecule has 0 unspecified atom stereocenters. The molecule has 0 spiro atoms. The third kappa shape index (κ3) is 4.58. The summed E-state index contributed by atoms with van der Waals surface area (Å²) in [5, 5.41) is 5.22. The third-order valence-corrected chi connectivity index (χ3v) is 4.02. The number of benzene rings is 2. The molecule has 0 atom stereocenters. The van der Waals surface area contributed by atoms with Crippen molar-refractivity contribution < 1.29 is 19.1 Å². The van der Waals surface area contributed by atoms with Gasteiger partial charge in [0, 0.05) is 0 Å². The van der Waals surface area contributed by atoms with Crippen molar-refractivity contribution in [1.82, 2.24) is 10.6 Å². The zero-order chi connectivity index (χ0) is 19.2. The molecule has 2 amide bonds. The SMILES string of the molecule is CCOC(=O)c1ccc(N=C2NC(=O)C(Cc3ccccc3)C(=O)N2)cc1. The van der Waals surface area contributed by atoms with Crippen LogP contribution in [0.25, 0.3) is 0 Å². The van der Waals surface area contributed by atoms with Crippen molar-refractivity contribution in [3.05, 3.63) is 65.7 Å². The van der Waals surface area contributed by atoms with Crippen LogP contribution >= 0.6 is 0 Å². The highest BCUT2D eigenvalue weighted by molar-refractivity contribution is 6.18. The van der Waals surface area contributed by atoms with E-state index in [9.17, 15) is 14.4 Å². The van der Waals surface area contributed by atoms with Crippen molar-refractivity contribution in [2.45, 2.75) is 13.3 Å². The van der Waals surface area contributed by atoms with E-state index in [1.807, 2.05) is 30.3 Å². The smallest absolute Gasteiger partial charge is 0.338 e. The number of carbonyl (C=O) groups excluding carboxylic acids is 3. The number of esters is 1. The molecule has 0 saturated carbocycles. The maximum atomic E-state index is 12.3. The minimum Gasteiger partial charge on any atom is -0.462 e. The molecular weight excluding hydrogens is 346 g/mol. The molecule has 27 heavy (non-hydrogen) atoms. The summed E-state index contributed by atoms with van der Waals surface area (Å²) in [6.07, 6.45) is 0.319. The van der Waals surface area contributed by atoms with Gasteiger partial charge in [0.05, 0.1) is 17.9 Å². The van der Waals surface area contributed by atoms with Gasteiger partial charge in [0.25, 0.3) is 0 Å². The van der Waals surface area contributed by atoms with Gasteiger partial charge in [-0.05, 0) is 43.2 Å². The first-order valence-corrected chi connectivity index (χ1v) is 8.58. The summed E-state index contributed by atoms with van der Waals surface area (Å²) >= 11 is 0. The number of hydrogen-bond acceptors (Lipinski definition) is 5. The predicted molar refractivity (Wildman–Crippen MR) is 99.4 cm³/mol. The summed E-state index contributed by atoms with van der Waals surface area (Å²) in [6.45, 7) is 2.03. The molecule has 138 valence electrons. The molecule has 2 aromatic rings. The Morgan fingerprint density at radius 3 is 2.22 bits per heavy atom. The molecular formula is C20H19N3O4. The van der Waals surface area contributed by atoms with Crippen molar-refractivity contribution >= 4 is 29.4 Å². The molecule has 1 aliphatic heterocycles. The van der Waals surface area contributed by atoms with Gasteiger partial charge in [0.1, 0.15) is 5.92 Å². The van der Waals surface area contributed by atoms with Crippen LogP contribution in [0, 0.1) is 5.92 Å². The summed E-state index contributed by atoms with van der Waals surface area (Å²) in [7, 11) is 0. The minimum absolute atomic E-state index is 0.0678. The van der Waals surface area contributed by atoms with Crippen LogP contribution in [-0.4, -0.2) is 30.4 Å². The van der Waals surface area contributed by atoms with Gasteiger partial charge in [0.15, 0.2) is 0 Å². The van der Waals surface area contributed by atoms with E-state index in [4.69, 9.17) is 4.74 Å². The Morgan fingerprint density at radius 2 is 1.63 bits per heavy atom. The van der Waals surface area contributed by atoms with Crippen LogP contribution in [0.3, 0.4) is 0 Å². The van der Waals surface area contributed by atoms with E-state index < -0.39 is 23.7 Å². The highest BCUT2D eigenvalue weighted by Crippen LogP contribution is 2.16. The van der Waals surface area contributed by atoms with Gasteiger partial charge >= 0.3 is 5.97 Å². The molecule has 0 aromatic heterocycles. The Balaban J connectivity index is 1.68. The number of carbonyl (C=O) groups is 3. The molecule has 0 radical (unpaired) electrons. The van der Waals surface area contributed by atoms with E-state index in [0.29, 0.717) is 24.3 Å². The Kier molecular flexibility index (Phi) is 5.61. The molecule has 0 bridgehead atoms. The summed E-state index contributed by atoms with van der Waals surface area (Å²) in [5.74, 6) is -1.95. The van der Waals surface area contributed by atoms with E-state index in [1.54, 1.807) is 31.2 Å². The lowest BCUT2D eigenvalue weighted by Gasteiger charge is -2.23. The Morgan fingerprint density at radius 1 is 1.00 bits per heavy atom. The van der Waals surface area contributed by atoms with Crippen molar-refractivity contribution in [1.29, 1.82) is 0 Å². The number of aliphatic imine (C=N–C) groups is 1. The number of amides is 2. The van der Waals surface area contributed by atoms with Crippen LogP contribution < -0.4 is 10.6 Å².